The number of ether oxygens (including phenoxy) is 1. The van der Waals surface area contributed by atoms with Gasteiger partial charge in [-0.1, -0.05) is 5.16 Å². The summed E-state index contributed by atoms with van der Waals surface area (Å²) in [6.45, 7) is 8.00. The summed E-state index contributed by atoms with van der Waals surface area (Å²) in [7, 11) is 0. The normalized spacial score (nSPS) is 14.8. The Morgan fingerprint density at radius 1 is 1.53 bits per heavy atom. The Labute approximate surface area is 116 Å². The zero-order chi connectivity index (χ0) is 14.0. The van der Waals surface area contributed by atoms with Crippen molar-refractivity contribution in [2.45, 2.75) is 39.3 Å². The van der Waals surface area contributed by atoms with Crippen molar-refractivity contribution in [3.8, 4) is 10.8 Å². The van der Waals surface area contributed by atoms with Gasteiger partial charge in [0, 0.05) is 0 Å². The molecule has 7 heteroatoms. The summed E-state index contributed by atoms with van der Waals surface area (Å²) in [6.07, 6.45) is 1.83. The Hall–Kier alpha value is -1.31. The van der Waals surface area contributed by atoms with E-state index in [2.05, 4.69) is 15.1 Å². The maximum absolute atomic E-state index is 6.16. The molecule has 1 atom stereocenters. The van der Waals surface area contributed by atoms with Gasteiger partial charge in [0.25, 0.3) is 5.89 Å². The number of thiazole rings is 1. The van der Waals surface area contributed by atoms with Gasteiger partial charge in [0.15, 0.2) is 5.82 Å². The van der Waals surface area contributed by atoms with E-state index in [1.807, 2.05) is 27.7 Å². The van der Waals surface area contributed by atoms with E-state index in [0.29, 0.717) is 18.3 Å². The minimum Gasteiger partial charge on any atom is -0.376 e. The fourth-order valence-corrected chi connectivity index (χ4v) is 2.12. The molecule has 0 aromatic carbocycles. The van der Waals surface area contributed by atoms with Crippen molar-refractivity contribution >= 4 is 11.3 Å². The smallest absolute Gasteiger partial charge is 0.269 e. The predicted molar refractivity (Wildman–Crippen MR) is 72.8 cm³/mol. The Kier molecular flexibility index (Phi) is 3.98. The monoisotopic (exact) mass is 282 g/mol. The molecular weight excluding hydrogens is 264 g/mol. The van der Waals surface area contributed by atoms with E-state index in [-0.39, 0.29) is 6.10 Å². The zero-order valence-corrected chi connectivity index (χ0v) is 12.3. The minimum absolute atomic E-state index is 0.110. The Balaban J connectivity index is 2.16. The fraction of sp³-hybridized carbons (Fsp3) is 0.583. The van der Waals surface area contributed by atoms with E-state index in [1.165, 1.54) is 11.3 Å². The summed E-state index contributed by atoms with van der Waals surface area (Å²) >= 11 is 1.50. The molecule has 0 fully saturated rings. The van der Waals surface area contributed by atoms with Gasteiger partial charge in [-0.15, -0.1) is 11.3 Å². The van der Waals surface area contributed by atoms with Crippen LogP contribution < -0.4 is 5.73 Å². The number of nitrogens with two attached hydrogens (primary N) is 1. The SMILES string of the molecule is Cc1ncc(-c2nc(C(C)(N)COC(C)C)no2)s1. The summed E-state index contributed by atoms with van der Waals surface area (Å²) < 4.78 is 10.8. The average molecular weight is 282 g/mol. The molecule has 104 valence electrons. The molecule has 2 heterocycles. The van der Waals surface area contributed by atoms with Crippen LogP contribution in [0.25, 0.3) is 10.8 Å². The number of aryl methyl sites for hydroxylation is 1. The first kappa shape index (κ1) is 14.1. The maximum atomic E-state index is 6.16. The minimum atomic E-state index is -0.772. The molecule has 0 radical (unpaired) electrons. The second kappa shape index (κ2) is 5.36. The lowest BCUT2D eigenvalue weighted by molar-refractivity contribution is 0.0410. The van der Waals surface area contributed by atoms with Crippen molar-refractivity contribution in [3.05, 3.63) is 17.0 Å². The molecule has 1 unspecified atom stereocenters. The molecule has 0 aliphatic rings. The summed E-state index contributed by atoms with van der Waals surface area (Å²) in [6, 6.07) is 0. The van der Waals surface area contributed by atoms with Gasteiger partial charge in [0.1, 0.15) is 10.4 Å². The lowest BCUT2D eigenvalue weighted by atomic mass is 10.1. The van der Waals surface area contributed by atoms with E-state index < -0.39 is 5.54 Å². The quantitative estimate of drug-likeness (QED) is 0.903. The molecule has 0 aliphatic heterocycles. The number of aromatic nitrogens is 3. The highest BCUT2D eigenvalue weighted by Crippen LogP contribution is 2.26. The van der Waals surface area contributed by atoms with Crippen molar-refractivity contribution in [2.75, 3.05) is 6.61 Å². The lowest BCUT2D eigenvalue weighted by Crippen LogP contribution is -2.40. The van der Waals surface area contributed by atoms with Gasteiger partial charge in [-0.3, -0.25) is 0 Å². The highest BCUT2D eigenvalue weighted by Gasteiger charge is 2.29. The van der Waals surface area contributed by atoms with Crippen LogP contribution in [-0.4, -0.2) is 27.8 Å². The third kappa shape index (κ3) is 3.37. The van der Waals surface area contributed by atoms with Crippen LogP contribution in [0, 0.1) is 6.92 Å². The van der Waals surface area contributed by atoms with Crippen LogP contribution in [0.3, 0.4) is 0 Å². The Morgan fingerprint density at radius 2 is 2.26 bits per heavy atom. The third-order valence-electron chi connectivity index (χ3n) is 2.49. The van der Waals surface area contributed by atoms with Crippen LogP contribution in [0.1, 0.15) is 31.6 Å². The van der Waals surface area contributed by atoms with Crippen LogP contribution in [0.5, 0.6) is 0 Å². The highest BCUT2D eigenvalue weighted by molar-refractivity contribution is 7.14. The predicted octanol–water partition coefficient (Wildman–Crippen LogP) is 2.10. The highest BCUT2D eigenvalue weighted by atomic mass is 32.1. The van der Waals surface area contributed by atoms with Gasteiger partial charge in [-0.05, 0) is 27.7 Å². The molecule has 2 rings (SSSR count). The van der Waals surface area contributed by atoms with E-state index in [0.717, 1.165) is 9.88 Å². The molecule has 0 aliphatic carbocycles. The van der Waals surface area contributed by atoms with Gasteiger partial charge in [0.05, 0.1) is 23.9 Å². The molecule has 2 aromatic heterocycles. The van der Waals surface area contributed by atoms with Gasteiger partial charge < -0.3 is 15.0 Å². The first-order valence-corrected chi connectivity index (χ1v) is 6.87. The number of hydrogen-bond donors (Lipinski definition) is 1. The number of rotatable bonds is 5. The van der Waals surface area contributed by atoms with E-state index in [9.17, 15) is 0 Å². The first-order valence-electron chi connectivity index (χ1n) is 6.06. The van der Waals surface area contributed by atoms with Crippen molar-refractivity contribution in [3.63, 3.8) is 0 Å². The molecule has 0 bridgehead atoms. The molecule has 2 N–H and O–H groups in total. The molecule has 0 spiro atoms. The van der Waals surface area contributed by atoms with E-state index in [4.69, 9.17) is 15.0 Å². The van der Waals surface area contributed by atoms with Crippen LogP contribution in [-0.2, 0) is 10.3 Å². The van der Waals surface area contributed by atoms with Gasteiger partial charge >= 0.3 is 0 Å². The van der Waals surface area contributed by atoms with Crippen molar-refractivity contribution < 1.29 is 9.26 Å². The molecule has 19 heavy (non-hydrogen) atoms. The first-order chi connectivity index (χ1) is 8.88. The van der Waals surface area contributed by atoms with Crippen molar-refractivity contribution in [1.82, 2.24) is 15.1 Å². The summed E-state index contributed by atoms with van der Waals surface area (Å²) in [4.78, 5) is 9.33. The zero-order valence-electron chi connectivity index (χ0n) is 11.5. The standard InChI is InChI=1S/C12H18N4O2S/c1-7(2)17-6-12(4,13)11-15-10(18-16-11)9-5-14-8(3)19-9/h5,7H,6,13H2,1-4H3. The van der Waals surface area contributed by atoms with E-state index in [1.54, 1.807) is 6.20 Å². The topological polar surface area (TPSA) is 87.1 Å². The van der Waals surface area contributed by atoms with Crippen molar-refractivity contribution in [1.29, 1.82) is 0 Å². The third-order valence-corrected chi connectivity index (χ3v) is 3.39. The molecule has 0 saturated heterocycles. The molecule has 0 amide bonds. The van der Waals surface area contributed by atoms with Crippen LogP contribution >= 0.6 is 11.3 Å². The average Bonchev–Trinajstić information content (AvgIpc) is 2.94. The fourth-order valence-electron chi connectivity index (χ4n) is 1.42. The molecular formula is C12H18N4O2S. The molecule has 0 saturated carbocycles. The van der Waals surface area contributed by atoms with Crippen LogP contribution in [0.4, 0.5) is 0 Å². The van der Waals surface area contributed by atoms with Gasteiger partial charge in [0.2, 0.25) is 0 Å². The maximum Gasteiger partial charge on any atom is 0.269 e. The Bertz CT molecular complexity index is 547. The van der Waals surface area contributed by atoms with Crippen LogP contribution in [0.15, 0.2) is 10.7 Å². The van der Waals surface area contributed by atoms with Crippen molar-refractivity contribution in [2.24, 2.45) is 5.73 Å². The number of hydrogen-bond acceptors (Lipinski definition) is 7. The largest absolute Gasteiger partial charge is 0.376 e. The van der Waals surface area contributed by atoms with Gasteiger partial charge in [-0.25, -0.2) is 4.98 Å². The number of nitrogens with zero attached hydrogens (tertiary/aromatic N) is 3. The van der Waals surface area contributed by atoms with E-state index >= 15 is 0 Å². The lowest BCUT2D eigenvalue weighted by Gasteiger charge is -2.21. The van der Waals surface area contributed by atoms with Gasteiger partial charge in [-0.2, -0.15) is 4.98 Å². The van der Waals surface area contributed by atoms with Crippen LogP contribution in [0.2, 0.25) is 0 Å². The molecule has 2 aromatic rings. The summed E-state index contributed by atoms with van der Waals surface area (Å²) in [5.74, 6) is 0.885. The second-order valence-electron chi connectivity index (χ2n) is 4.94. The summed E-state index contributed by atoms with van der Waals surface area (Å²) in [5, 5.41) is 4.89. The second-order valence-corrected chi connectivity index (χ2v) is 6.18. The summed E-state index contributed by atoms with van der Waals surface area (Å²) in [5.41, 5.74) is 5.39. The molecule has 6 nitrogen and oxygen atoms in total. The Morgan fingerprint density at radius 3 is 2.84 bits per heavy atom.